The highest BCUT2D eigenvalue weighted by Crippen LogP contribution is 2.42. The second-order valence-corrected chi connectivity index (χ2v) is 6.76. The van der Waals surface area contributed by atoms with E-state index in [0.29, 0.717) is 5.56 Å². The summed E-state index contributed by atoms with van der Waals surface area (Å²) in [6.07, 6.45) is 0. The van der Waals surface area contributed by atoms with Gasteiger partial charge in [-0.3, -0.25) is 0 Å². The van der Waals surface area contributed by atoms with Crippen molar-refractivity contribution in [1.82, 2.24) is 4.90 Å². The van der Waals surface area contributed by atoms with Gasteiger partial charge >= 0.3 is 11.9 Å². The number of methoxy groups -OCH3 is 2. The van der Waals surface area contributed by atoms with Gasteiger partial charge in [0.15, 0.2) is 0 Å². The summed E-state index contributed by atoms with van der Waals surface area (Å²) in [5.74, 6) is -2.70. The Labute approximate surface area is 179 Å². The molecule has 3 rings (SSSR count). The summed E-state index contributed by atoms with van der Waals surface area (Å²) in [6.45, 7) is 0.121. The predicted octanol–water partition coefficient (Wildman–Crippen LogP) is 2.29. The number of benzene rings is 2. The number of carbonyl (C=O) groups is 2. The molecule has 0 saturated heterocycles. The minimum absolute atomic E-state index is 0.00717. The maximum atomic E-state index is 12.9. The highest BCUT2D eigenvalue weighted by atomic mass is 16.5. The lowest BCUT2D eigenvalue weighted by atomic mass is 9.81. The van der Waals surface area contributed by atoms with E-state index in [-0.39, 0.29) is 35.0 Å². The first-order valence-corrected chi connectivity index (χ1v) is 9.33. The molecule has 0 radical (unpaired) electrons. The number of nitrogens with zero attached hydrogens (tertiary/aromatic N) is 2. The summed E-state index contributed by atoms with van der Waals surface area (Å²) in [5, 5.41) is 19.9. The number of phenols is 1. The fraction of sp³-hybridized carbons (Fsp3) is 0.174. The molecule has 0 spiro atoms. The van der Waals surface area contributed by atoms with E-state index in [4.69, 9.17) is 15.2 Å². The second-order valence-electron chi connectivity index (χ2n) is 6.76. The van der Waals surface area contributed by atoms with Gasteiger partial charge < -0.3 is 25.2 Å². The van der Waals surface area contributed by atoms with E-state index in [9.17, 15) is 20.0 Å². The number of carbonyl (C=O) groups excluding carboxylic acids is 2. The van der Waals surface area contributed by atoms with E-state index in [0.717, 1.165) is 5.56 Å². The van der Waals surface area contributed by atoms with Crippen LogP contribution in [0.4, 0.5) is 0 Å². The largest absolute Gasteiger partial charge is 0.508 e. The standard InChI is InChI=1S/C23H21N3O5/c1-30-22(28)19-18(15-9-6-10-16(27)11-15)17(12-24)21(25)26(20(19)23(29)31-2)13-14-7-4-3-5-8-14/h3-11,18,27H,13,25H2,1-2H3. The van der Waals surface area contributed by atoms with Crippen molar-refractivity contribution in [1.29, 1.82) is 5.26 Å². The van der Waals surface area contributed by atoms with Gasteiger partial charge in [0.1, 0.15) is 17.3 Å². The zero-order chi connectivity index (χ0) is 22.5. The summed E-state index contributed by atoms with van der Waals surface area (Å²) in [6, 6.07) is 17.3. The van der Waals surface area contributed by atoms with E-state index in [1.165, 1.54) is 31.3 Å². The number of allylic oxidation sites excluding steroid dienone is 1. The fourth-order valence-corrected chi connectivity index (χ4v) is 3.57. The van der Waals surface area contributed by atoms with Crippen LogP contribution in [0.15, 0.2) is 77.3 Å². The van der Waals surface area contributed by atoms with E-state index in [2.05, 4.69) is 6.07 Å². The fourth-order valence-electron chi connectivity index (χ4n) is 3.57. The molecule has 8 heteroatoms. The van der Waals surface area contributed by atoms with Gasteiger partial charge in [0.2, 0.25) is 0 Å². The average molecular weight is 419 g/mol. The van der Waals surface area contributed by atoms with E-state index in [1.54, 1.807) is 12.1 Å². The Morgan fingerprint density at radius 1 is 1.10 bits per heavy atom. The van der Waals surface area contributed by atoms with Crippen LogP contribution >= 0.6 is 0 Å². The summed E-state index contributed by atoms with van der Waals surface area (Å²) in [4.78, 5) is 27.1. The smallest absolute Gasteiger partial charge is 0.355 e. The average Bonchev–Trinajstić information content (AvgIpc) is 2.79. The van der Waals surface area contributed by atoms with Crippen LogP contribution in [0.5, 0.6) is 5.75 Å². The lowest BCUT2D eigenvalue weighted by Crippen LogP contribution is -2.40. The summed E-state index contributed by atoms with van der Waals surface area (Å²) < 4.78 is 9.91. The third-order valence-electron chi connectivity index (χ3n) is 4.96. The number of aromatic hydroxyl groups is 1. The molecule has 0 aliphatic carbocycles. The molecule has 3 N–H and O–H groups in total. The molecule has 1 atom stereocenters. The van der Waals surface area contributed by atoms with Crippen LogP contribution < -0.4 is 5.73 Å². The minimum Gasteiger partial charge on any atom is -0.508 e. The SMILES string of the molecule is COC(=O)C1=C(C(=O)OC)N(Cc2ccccc2)C(N)=C(C#N)C1c1cccc(O)c1. The Bertz CT molecular complexity index is 1120. The Morgan fingerprint density at radius 2 is 1.77 bits per heavy atom. The molecule has 0 amide bonds. The molecule has 158 valence electrons. The molecular weight excluding hydrogens is 398 g/mol. The van der Waals surface area contributed by atoms with Crippen molar-refractivity contribution in [2.45, 2.75) is 12.5 Å². The van der Waals surface area contributed by atoms with Crippen LogP contribution in [0, 0.1) is 11.3 Å². The minimum atomic E-state index is -1.02. The molecule has 1 heterocycles. The number of hydrogen-bond acceptors (Lipinski definition) is 8. The Kier molecular flexibility index (Phi) is 6.26. The van der Waals surface area contributed by atoms with Crippen LogP contribution in [0.2, 0.25) is 0 Å². The maximum absolute atomic E-state index is 12.9. The van der Waals surface area contributed by atoms with Crippen molar-refractivity contribution >= 4 is 11.9 Å². The van der Waals surface area contributed by atoms with Gasteiger partial charge in [0.25, 0.3) is 0 Å². The molecule has 2 aromatic carbocycles. The molecule has 1 aliphatic heterocycles. The number of nitrogens with two attached hydrogens (primary N) is 1. The summed E-state index contributed by atoms with van der Waals surface area (Å²) in [5.41, 5.74) is 7.39. The zero-order valence-corrected chi connectivity index (χ0v) is 17.0. The Balaban J connectivity index is 2.31. The van der Waals surface area contributed by atoms with E-state index < -0.39 is 17.9 Å². The molecular formula is C23H21N3O5. The quantitative estimate of drug-likeness (QED) is 0.707. The van der Waals surface area contributed by atoms with Gasteiger partial charge in [-0.15, -0.1) is 0 Å². The van der Waals surface area contributed by atoms with Crippen LogP contribution in [-0.2, 0) is 25.6 Å². The van der Waals surface area contributed by atoms with Gasteiger partial charge in [0, 0.05) is 6.54 Å². The molecule has 1 unspecified atom stereocenters. The lowest BCUT2D eigenvalue weighted by Gasteiger charge is -2.36. The Hall–Kier alpha value is -4.25. The first-order chi connectivity index (χ1) is 14.9. The number of ether oxygens (including phenoxy) is 2. The molecule has 0 aromatic heterocycles. The highest BCUT2D eigenvalue weighted by molar-refractivity contribution is 6.02. The number of phenolic OH excluding ortho intramolecular Hbond substituents is 1. The van der Waals surface area contributed by atoms with Crippen molar-refractivity contribution in [3.8, 4) is 11.8 Å². The van der Waals surface area contributed by atoms with Crippen LogP contribution in [0.1, 0.15) is 17.0 Å². The van der Waals surface area contributed by atoms with Crippen LogP contribution in [0.25, 0.3) is 0 Å². The van der Waals surface area contributed by atoms with E-state index >= 15 is 0 Å². The van der Waals surface area contributed by atoms with Gasteiger partial charge in [-0.2, -0.15) is 5.26 Å². The topological polar surface area (TPSA) is 126 Å². The third-order valence-corrected chi connectivity index (χ3v) is 4.96. The van der Waals surface area contributed by atoms with Gasteiger partial charge in [-0.05, 0) is 23.3 Å². The normalized spacial score (nSPS) is 16.0. The molecule has 1 aliphatic rings. The number of rotatable bonds is 5. The second kappa shape index (κ2) is 9.05. The molecule has 31 heavy (non-hydrogen) atoms. The van der Waals surface area contributed by atoms with Crippen LogP contribution in [-0.4, -0.2) is 36.2 Å². The molecule has 0 fully saturated rings. The number of nitriles is 1. The molecule has 2 aromatic rings. The first kappa shape index (κ1) is 21.5. The lowest BCUT2D eigenvalue weighted by molar-refractivity contribution is -0.141. The van der Waals surface area contributed by atoms with Crippen LogP contribution in [0.3, 0.4) is 0 Å². The van der Waals surface area contributed by atoms with Gasteiger partial charge in [-0.25, -0.2) is 9.59 Å². The first-order valence-electron chi connectivity index (χ1n) is 9.33. The van der Waals surface area contributed by atoms with Crippen molar-refractivity contribution in [3.63, 3.8) is 0 Å². The third kappa shape index (κ3) is 4.07. The Morgan fingerprint density at radius 3 is 2.35 bits per heavy atom. The predicted molar refractivity (Wildman–Crippen MR) is 111 cm³/mol. The molecule has 8 nitrogen and oxygen atoms in total. The maximum Gasteiger partial charge on any atom is 0.355 e. The zero-order valence-electron chi connectivity index (χ0n) is 17.0. The van der Waals surface area contributed by atoms with Crippen molar-refractivity contribution in [2.75, 3.05) is 14.2 Å². The number of hydrogen-bond donors (Lipinski definition) is 2. The molecule has 0 bridgehead atoms. The van der Waals surface area contributed by atoms with Crippen molar-refractivity contribution in [2.24, 2.45) is 5.73 Å². The molecule has 0 saturated carbocycles. The van der Waals surface area contributed by atoms with E-state index in [1.807, 2.05) is 30.3 Å². The summed E-state index contributed by atoms with van der Waals surface area (Å²) in [7, 11) is 2.37. The van der Waals surface area contributed by atoms with Crippen molar-refractivity contribution < 1.29 is 24.2 Å². The van der Waals surface area contributed by atoms with Crippen molar-refractivity contribution in [3.05, 3.63) is 88.4 Å². The van der Waals surface area contributed by atoms with Gasteiger partial charge in [-0.1, -0.05) is 42.5 Å². The highest BCUT2D eigenvalue weighted by Gasteiger charge is 2.42. The number of esters is 2. The van der Waals surface area contributed by atoms with Gasteiger partial charge in [0.05, 0.1) is 37.4 Å². The monoisotopic (exact) mass is 419 g/mol. The summed E-state index contributed by atoms with van der Waals surface area (Å²) >= 11 is 0.